The Balaban J connectivity index is 2.66. The molecule has 1 heterocycles. The quantitative estimate of drug-likeness (QED) is 0.536. The average molecular weight is 211 g/mol. The lowest BCUT2D eigenvalue weighted by Gasteiger charge is -1.97. The van der Waals surface area contributed by atoms with E-state index in [4.69, 9.17) is 0 Å². The number of imidazole rings is 1. The molecule has 4 nitrogen and oxygen atoms in total. The summed E-state index contributed by atoms with van der Waals surface area (Å²) in [4.78, 5) is 11.0. The first-order valence-electron chi connectivity index (χ1n) is 5.36. The molecule has 0 aliphatic rings. The van der Waals surface area contributed by atoms with Gasteiger partial charge in [-0.15, -0.1) is 0 Å². The average Bonchev–Trinajstić information content (AvgIpc) is 2.68. The number of nitrogens with zero attached hydrogens (tertiary/aromatic N) is 2. The fourth-order valence-electron chi connectivity index (χ4n) is 1.55. The van der Waals surface area contributed by atoms with Crippen LogP contribution in [0.4, 0.5) is 0 Å². The number of aryl methyl sites for hydroxylation is 3. The van der Waals surface area contributed by atoms with Gasteiger partial charge in [-0.25, -0.2) is 9.13 Å². The van der Waals surface area contributed by atoms with E-state index in [0.717, 1.165) is 19.5 Å². The minimum atomic E-state index is -0.151. The smallest absolute Gasteiger partial charge is 0.305 e. The van der Waals surface area contributed by atoms with Gasteiger partial charge in [-0.1, -0.05) is 0 Å². The summed E-state index contributed by atoms with van der Waals surface area (Å²) in [6.07, 6.45) is 5.36. The molecule has 1 rings (SSSR count). The van der Waals surface area contributed by atoms with Gasteiger partial charge in [0.1, 0.15) is 11.9 Å². The van der Waals surface area contributed by atoms with E-state index >= 15 is 0 Å². The van der Waals surface area contributed by atoms with Crippen LogP contribution in [0.1, 0.15) is 26.0 Å². The Morgan fingerprint density at radius 1 is 1.53 bits per heavy atom. The van der Waals surface area contributed by atoms with Crippen molar-refractivity contribution in [3.63, 3.8) is 0 Å². The largest absolute Gasteiger partial charge is 0.469 e. The van der Waals surface area contributed by atoms with Gasteiger partial charge in [-0.05, 0) is 13.8 Å². The zero-order valence-electron chi connectivity index (χ0n) is 9.69. The van der Waals surface area contributed by atoms with Gasteiger partial charge in [-0.2, -0.15) is 0 Å². The third kappa shape index (κ3) is 3.08. The van der Waals surface area contributed by atoms with Crippen molar-refractivity contribution in [1.82, 2.24) is 4.57 Å². The van der Waals surface area contributed by atoms with Crippen LogP contribution >= 0.6 is 0 Å². The Morgan fingerprint density at radius 3 is 2.80 bits per heavy atom. The first-order chi connectivity index (χ1) is 7.21. The van der Waals surface area contributed by atoms with Crippen molar-refractivity contribution in [3.05, 3.63) is 18.2 Å². The fourth-order valence-corrected chi connectivity index (χ4v) is 1.55. The summed E-state index contributed by atoms with van der Waals surface area (Å²) in [6, 6.07) is 0. The van der Waals surface area contributed by atoms with Gasteiger partial charge in [0.25, 0.3) is 0 Å². The molecule has 1 aromatic heterocycles. The van der Waals surface area contributed by atoms with Crippen LogP contribution in [0.25, 0.3) is 0 Å². The first-order valence-corrected chi connectivity index (χ1v) is 5.36. The standard InChI is InChI=1S/C11H19N2O2/c1-4-12-8-10(13(5-2)9-12)6-7-11(14)15-3/h8-9H,4-7H2,1-3H3/q+1. The normalized spacial score (nSPS) is 10.3. The summed E-state index contributed by atoms with van der Waals surface area (Å²) in [5.41, 5.74) is 1.18. The third-order valence-electron chi connectivity index (χ3n) is 2.49. The van der Waals surface area contributed by atoms with E-state index in [0.29, 0.717) is 6.42 Å². The summed E-state index contributed by atoms with van der Waals surface area (Å²) in [6.45, 7) is 6.09. The number of hydrogen-bond donors (Lipinski definition) is 0. The molecule has 0 amide bonds. The highest BCUT2D eigenvalue weighted by Gasteiger charge is 2.12. The van der Waals surface area contributed by atoms with Gasteiger partial charge < -0.3 is 4.74 Å². The van der Waals surface area contributed by atoms with Crippen molar-refractivity contribution in [2.24, 2.45) is 0 Å². The van der Waals surface area contributed by atoms with Gasteiger partial charge in [0, 0.05) is 6.42 Å². The summed E-state index contributed by atoms with van der Waals surface area (Å²) in [5, 5.41) is 0. The number of rotatable bonds is 5. The molecular formula is C11H19N2O2+. The van der Waals surface area contributed by atoms with Crippen LogP contribution in [0.5, 0.6) is 0 Å². The summed E-state index contributed by atoms with van der Waals surface area (Å²) in [5.74, 6) is -0.151. The van der Waals surface area contributed by atoms with E-state index in [-0.39, 0.29) is 5.97 Å². The summed E-state index contributed by atoms with van der Waals surface area (Å²) in [7, 11) is 1.42. The molecular weight excluding hydrogens is 192 g/mol. The van der Waals surface area contributed by atoms with Crippen LogP contribution in [0.15, 0.2) is 12.5 Å². The molecule has 0 aromatic carbocycles. The first kappa shape index (κ1) is 11.8. The van der Waals surface area contributed by atoms with E-state index in [1.54, 1.807) is 0 Å². The molecule has 0 aliphatic heterocycles. The minimum absolute atomic E-state index is 0.151. The second-order valence-electron chi connectivity index (χ2n) is 3.43. The number of carbonyl (C=O) groups excluding carboxylic acids is 1. The van der Waals surface area contributed by atoms with Crippen LogP contribution in [-0.4, -0.2) is 17.6 Å². The SMILES string of the molecule is CCn1c[n+](CC)cc1CCC(=O)OC. The lowest BCUT2D eigenvalue weighted by Crippen LogP contribution is -2.28. The molecule has 0 radical (unpaired) electrons. The van der Waals surface area contributed by atoms with E-state index in [1.165, 1.54) is 12.8 Å². The highest BCUT2D eigenvalue weighted by Crippen LogP contribution is 2.02. The maximum absolute atomic E-state index is 11.0. The Bertz CT molecular complexity index is 331. The van der Waals surface area contributed by atoms with Crippen LogP contribution in [-0.2, 0) is 29.0 Å². The van der Waals surface area contributed by atoms with Crippen molar-refractivity contribution in [3.8, 4) is 0 Å². The Labute approximate surface area is 90.5 Å². The van der Waals surface area contributed by atoms with Crippen molar-refractivity contribution in [1.29, 1.82) is 0 Å². The van der Waals surface area contributed by atoms with Crippen molar-refractivity contribution < 1.29 is 14.1 Å². The van der Waals surface area contributed by atoms with E-state index in [2.05, 4.69) is 40.2 Å². The van der Waals surface area contributed by atoms with E-state index in [1.807, 2.05) is 0 Å². The zero-order valence-corrected chi connectivity index (χ0v) is 9.69. The number of hydrogen-bond acceptors (Lipinski definition) is 2. The molecule has 0 aliphatic carbocycles. The van der Waals surface area contributed by atoms with Crippen LogP contribution in [0.2, 0.25) is 0 Å². The lowest BCUT2D eigenvalue weighted by molar-refractivity contribution is -0.693. The zero-order chi connectivity index (χ0) is 11.3. The molecule has 0 atom stereocenters. The molecule has 15 heavy (non-hydrogen) atoms. The maximum Gasteiger partial charge on any atom is 0.305 e. The molecule has 0 saturated carbocycles. The molecule has 0 N–H and O–H groups in total. The van der Waals surface area contributed by atoms with Gasteiger partial charge in [0.05, 0.1) is 26.6 Å². The van der Waals surface area contributed by atoms with Gasteiger partial charge in [0.2, 0.25) is 6.33 Å². The van der Waals surface area contributed by atoms with Gasteiger partial charge in [0.15, 0.2) is 0 Å². The topological polar surface area (TPSA) is 35.1 Å². The molecule has 1 aromatic rings. The Kier molecular flexibility index (Phi) is 4.34. The molecule has 4 heteroatoms. The molecule has 0 fully saturated rings. The summed E-state index contributed by atoms with van der Waals surface area (Å²) < 4.78 is 8.90. The monoisotopic (exact) mass is 211 g/mol. The highest BCUT2D eigenvalue weighted by molar-refractivity contribution is 5.69. The number of methoxy groups -OCH3 is 1. The van der Waals surface area contributed by atoms with E-state index < -0.39 is 0 Å². The van der Waals surface area contributed by atoms with Gasteiger partial charge >= 0.3 is 5.97 Å². The maximum atomic E-state index is 11.0. The molecule has 0 spiro atoms. The van der Waals surface area contributed by atoms with Gasteiger partial charge in [-0.3, -0.25) is 4.79 Å². The molecule has 84 valence electrons. The Hall–Kier alpha value is -1.32. The molecule has 0 unspecified atom stereocenters. The molecule has 0 saturated heterocycles. The number of esters is 1. The fraction of sp³-hybridized carbons (Fsp3) is 0.636. The van der Waals surface area contributed by atoms with Crippen LogP contribution in [0, 0.1) is 0 Å². The van der Waals surface area contributed by atoms with Crippen LogP contribution in [0.3, 0.4) is 0 Å². The summed E-state index contributed by atoms with van der Waals surface area (Å²) >= 11 is 0. The van der Waals surface area contributed by atoms with Crippen molar-refractivity contribution in [2.45, 2.75) is 39.8 Å². The second kappa shape index (κ2) is 5.53. The second-order valence-corrected chi connectivity index (χ2v) is 3.43. The Morgan fingerprint density at radius 2 is 2.27 bits per heavy atom. The van der Waals surface area contributed by atoms with E-state index in [9.17, 15) is 4.79 Å². The lowest BCUT2D eigenvalue weighted by atomic mass is 10.2. The number of carbonyl (C=O) groups is 1. The highest BCUT2D eigenvalue weighted by atomic mass is 16.5. The van der Waals surface area contributed by atoms with Crippen molar-refractivity contribution >= 4 is 5.97 Å². The van der Waals surface area contributed by atoms with Crippen LogP contribution < -0.4 is 4.57 Å². The predicted octanol–water partition coefficient (Wildman–Crippen LogP) is 0.921. The third-order valence-corrected chi connectivity index (χ3v) is 2.49. The number of ether oxygens (including phenoxy) is 1. The predicted molar refractivity (Wildman–Crippen MR) is 56.3 cm³/mol. The molecule has 0 bridgehead atoms. The number of aromatic nitrogens is 2. The van der Waals surface area contributed by atoms with Crippen molar-refractivity contribution in [2.75, 3.05) is 7.11 Å². The minimum Gasteiger partial charge on any atom is -0.469 e.